The normalized spacial score (nSPS) is 10.2. The van der Waals surface area contributed by atoms with Crippen molar-refractivity contribution in [1.29, 1.82) is 0 Å². The maximum atomic E-state index is 11.6. The van der Waals surface area contributed by atoms with Crippen LogP contribution in [0.4, 0.5) is 0 Å². The van der Waals surface area contributed by atoms with Gasteiger partial charge in [0, 0.05) is 20.6 Å². The number of nitrogens with two attached hydrogens (primary N) is 1. The van der Waals surface area contributed by atoms with Crippen LogP contribution in [0, 0.1) is 0 Å². The summed E-state index contributed by atoms with van der Waals surface area (Å²) in [5.74, 6) is 0.542. The van der Waals surface area contributed by atoms with E-state index >= 15 is 0 Å². The lowest BCUT2D eigenvalue weighted by Crippen LogP contribution is -2.33. The van der Waals surface area contributed by atoms with E-state index in [0.29, 0.717) is 18.8 Å². The van der Waals surface area contributed by atoms with E-state index < -0.39 is 0 Å². The molecule has 0 atom stereocenters. The molecule has 2 N–H and O–H groups in total. The van der Waals surface area contributed by atoms with E-state index in [1.165, 1.54) is 0 Å². The van der Waals surface area contributed by atoms with Crippen LogP contribution in [0.3, 0.4) is 0 Å². The minimum atomic E-state index is -0.0581. The maximum absolute atomic E-state index is 11.6. The first-order valence-electron chi connectivity index (χ1n) is 5.19. The molecule has 0 aliphatic heterocycles. The van der Waals surface area contributed by atoms with Gasteiger partial charge in [-0.2, -0.15) is 5.10 Å². The van der Waals surface area contributed by atoms with Gasteiger partial charge in [-0.3, -0.25) is 9.48 Å². The van der Waals surface area contributed by atoms with Gasteiger partial charge < -0.3 is 15.4 Å². The van der Waals surface area contributed by atoms with Crippen molar-refractivity contribution < 1.29 is 9.53 Å². The Morgan fingerprint density at radius 3 is 3.00 bits per heavy atom. The Bertz CT molecular complexity index is 337. The number of amides is 1. The molecule has 6 nitrogen and oxygen atoms in total. The third-order valence-corrected chi connectivity index (χ3v) is 2.17. The highest BCUT2D eigenvalue weighted by molar-refractivity contribution is 5.77. The summed E-state index contributed by atoms with van der Waals surface area (Å²) in [6.45, 7) is 1.28. The highest BCUT2D eigenvalue weighted by Crippen LogP contribution is 2.06. The minimum Gasteiger partial charge on any atom is -0.480 e. The Morgan fingerprint density at radius 2 is 2.44 bits per heavy atom. The highest BCUT2D eigenvalue weighted by Gasteiger charge is 2.09. The van der Waals surface area contributed by atoms with Crippen LogP contribution in [0.15, 0.2) is 12.4 Å². The predicted octanol–water partition coefficient (Wildman–Crippen LogP) is -0.394. The molecule has 0 unspecified atom stereocenters. The average Bonchev–Trinajstić information content (AvgIpc) is 2.68. The lowest BCUT2D eigenvalue weighted by Gasteiger charge is -2.16. The Kier molecular flexibility index (Phi) is 4.78. The number of ether oxygens (including phenoxy) is 1. The van der Waals surface area contributed by atoms with Crippen LogP contribution >= 0.6 is 0 Å². The molecule has 6 heteroatoms. The molecule has 0 saturated heterocycles. The maximum Gasteiger partial charge on any atom is 0.260 e. The predicted molar refractivity (Wildman–Crippen MR) is 60.0 cm³/mol. The van der Waals surface area contributed by atoms with Gasteiger partial charge >= 0.3 is 0 Å². The van der Waals surface area contributed by atoms with Crippen LogP contribution in [-0.2, 0) is 11.8 Å². The van der Waals surface area contributed by atoms with Gasteiger partial charge in [-0.25, -0.2) is 0 Å². The summed E-state index contributed by atoms with van der Waals surface area (Å²) in [7, 11) is 3.53. The van der Waals surface area contributed by atoms with Crippen molar-refractivity contribution in [2.75, 3.05) is 26.7 Å². The number of aromatic nitrogens is 2. The fourth-order valence-electron chi connectivity index (χ4n) is 1.18. The van der Waals surface area contributed by atoms with Crippen LogP contribution in [0.2, 0.25) is 0 Å². The van der Waals surface area contributed by atoms with Gasteiger partial charge in [-0.05, 0) is 13.0 Å². The molecule has 1 heterocycles. The van der Waals surface area contributed by atoms with Crippen LogP contribution in [0.5, 0.6) is 5.75 Å². The number of hydrogen-bond acceptors (Lipinski definition) is 4. The van der Waals surface area contributed by atoms with Gasteiger partial charge in [-0.1, -0.05) is 0 Å². The van der Waals surface area contributed by atoms with Crippen molar-refractivity contribution in [3.05, 3.63) is 12.4 Å². The van der Waals surface area contributed by atoms with Crippen LogP contribution in [0.1, 0.15) is 6.42 Å². The summed E-state index contributed by atoms with van der Waals surface area (Å²) in [6, 6.07) is 0. The van der Waals surface area contributed by atoms with Crippen molar-refractivity contribution in [1.82, 2.24) is 14.7 Å². The first-order valence-corrected chi connectivity index (χ1v) is 5.19. The van der Waals surface area contributed by atoms with Gasteiger partial charge in [0.15, 0.2) is 12.4 Å². The van der Waals surface area contributed by atoms with E-state index in [1.54, 1.807) is 36.1 Å². The van der Waals surface area contributed by atoms with E-state index in [0.717, 1.165) is 6.42 Å². The molecular weight excluding hydrogens is 208 g/mol. The number of hydrogen-bond donors (Lipinski definition) is 1. The topological polar surface area (TPSA) is 73.4 Å². The molecule has 90 valence electrons. The molecule has 0 radical (unpaired) electrons. The molecule has 1 aromatic heterocycles. The third kappa shape index (κ3) is 3.90. The lowest BCUT2D eigenvalue weighted by molar-refractivity contribution is -0.132. The number of carbonyl (C=O) groups is 1. The minimum absolute atomic E-state index is 0.0345. The molecule has 0 spiro atoms. The molecule has 0 aliphatic rings. The Morgan fingerprint density at radius 1 is 1.69 bits per heavy atom. The lowest BCUT2D eigenvalue weighted by atomic mass is 10.4. The summed E-state index contributed by atoms with van der Waals surface area (Å²) >= 11 is 0. The Hall–Kier alpha value is -1.56. The Labute approximate surface area is 95.0 Å². The second-order valence-electron chi connectivity index (χ2n) is 3.60. The average molecular weight is 226 g/mol. The fourth-order valence-corrected chi connectivity index (χ4v) is 1.18. The van der Waals surface area contributed by atoms with E-state index in [4.69, 9.17) is 10.5 Å². The van der Waals surface area contributed by atoms with Crippen molar-refractivity contribution in [2.45, 2.75) is 6.42 Å². The van der Waals surface area contributed by atoms with E-state index in [1.807, 2.05) is 0 Å². The van der Waals surface area contributed by atoms with E-state index in [9.17, 15) is 4.79 Å². The second-order valence-corrected chi connectivity index (χ2v) is 3.60. The summed E-state index contributed by atoms with van der Waals surface area (Å²) in [5.41, 5.74) is 5.36. The van der Waals surface area contributed by atoms with Gasteiger partial charge in [0.2, 0.25) is 0 Å². The number of nitrogens with zero attached hydrogens (tertiary/aromatic N) is 3. The van der Waals surface area contributed by atoms with E-state index in [-0.39, 0.29) is 12.5 Å². The summed E-state index contributed by atoms with van der Waals surface area (Å²) in [5, 5.41) is 3.94. The van der Waals surface area contributed by atoms with Crippen molar-refractivity contribution in [3.8, 4) is 5.75 Å². The molecule has 0 aromatic carbocycles. The number of rotatable bonds is 6. The third-order valence-electron chi connectivity index (χ3n) is 2.17. The molecule has 16 heavy (non-hydrogen) atoms. The zero-order valence-corrected chi connectivity index (χ0v) is 9.72. The summed E-state index contributed by atoms with van der Waals surface area (Å²) in [4.78, 5) is 13.2. The highest BCUT2D eigenvalue weighted by atomic mass is 16.5. The zero-order chi connectivity index (χ0) is 12.0. The monoisotopic (exact) mass is 226 g/mol. The smallest absolute Gasteiger partial charge is 0.260 e. The molecule has 0 aliphatic carbocycles. The molecular formula is C10H18N4O2. The Balaban J connectivity index is 2.29. The molecule has 1 rings (SSSR count). The molecule has 0 fully saturated rings. The van der Waals surface area contributed by atoms with Crippen molar-refractivity contribution >= 4 is 5.91 Å². The molecule has 0 saturated carbocycles. The number of aryl methyl sites for hydroxylation is 1. The van der Waals surface area contributed by atoms with Crippen LogP contribution < -0.4 is 10.5 Å². The van der Waals surface area contributed by atoms with Gasteiger partial charge in [-0.15, -0.1) is 0 Å². The standard InChI is InChI=1S/C10H18N4O2/c1-13(5-3-4-11)10(15)8-16-9-6-12-14(2)7-9/h6-7H,3-5,8,11H2,1-2H3. The zero-order valence-electron chi connectivity index (χ0n) is 9.72. The first kappa shape index (κ1) is 12.5. The van der Waals surface area contributed by atoms with Gasteiger partial charge in [0.25, 0.3) is 5.91 Å². The largest absolute Gasteiger partial charge is 0.480 e. The van der Waals surface area contributed by atoms with E-state index in [2.05, 4.69) is 5.10 Å². The fraction of sp³-hybridized carbons (Fsp3) is 0.600. The quantitative estimate of drug-likeness (QED) is 0.716. The van der Waals surface area contributed by atoms with Crippen molar-refractivity contribution in [2.24, 2.45) is 12.8 Å². The van der Waals surface area contributed by atoms with Crippen LogP contribution in [-0.4, -0.2) is 47.3 Å². The number of carbonyl (C=O) groups excluding carboxylic acids is 1. The van der Waals surface area contributed by atoms with Gasteiger partial charge in [0.05, 0.1) is 12.4 Å². The van der Waals surface area contributed by atoms with Crippen LogP contribution in [0.25, 0.3) is 0 Å². The summed E-state index contributed by atoms with van der Waals surface area (Å²) < 4.78 is 6.91. The molecule has 1 aromatic rings. The van der Waals surface area contributed by atoms with Crippen molar-refractivity contribution in [3.63, 3.8) is 0 Å². The first-order chi connectivity index (χ1) is 7.63. The second kappa shape index (κ2) is 6.12. The summed E-state index contributed by atoms with van der Waals surface area (Å²) in [6.07, 6.45) is 4.09. The SMILES string of the molecule is CN(CCCN)C(=O)COc1cnn(C)c1. The molecule has 0 bridgehead atoms. The van der Waals surface area contributed by atoms with Gasteiger partial charge in [0.1, 0.15) is 0 Å². The molecule has 1 amide bonds. The number of likely N-dealkylation sites (N-methyl/N-ethyl adjacent to an activating group) is 1.